The fraction of sp³-hybridized carbons (Fsp3) is 0.714. The van der Waals surface area contributed by atoms with Crippen LogP contribution in [-0.2, 0) is 19.6 Å². The van der Waals surface area contributed by atoms with Crippen LogP contribution in [0, 0.1) is 13.8 Å². The van der Waals surface area contributed by atoms with Crippen molar-refractivity contribution in [1.82, 2.24) is 14.8 Å². The van der Waals surface area contributed by atoms with Gasteiger partial charge in [0.2, 0.25) is 15.9 Å². The number of carbonyl (C=O) groups excluding carboxylic acids is 1. The van der Waals surface area contributed by atoms with Gasteiger partial charge < -0.3 is 14.2 Å². The van der Waals surface area contributed by atoms with Gasteiger partial charge in [0, 0.05) is 26.2 Å². The number of hydrogen-bond donors (Lipinski definition) is 1. The van der Waals surface area contributed by atoms with Crippen molar-refractivity contribution in [2.24, 2.45) is 0 Å². The van der Waals surface area contributed by atoms with Crippen molar-refractivity contribution in [2.45, 2.75) is 44.0 Å². The standard InChI is InChI=1S/C14H23N3O5S/c1-10-14(11(2)22-15-10)23(19,20)16-12-4-7-17(8-5-12)13(18)6-9-21-3/h12,16H,4-9H2,1-3H3. The summed E-state index contributed by atoms with van der Waals surface area (Å²) in [5.41, 5.74) is 0.349. The number of methoxy groups -OCH3 is 1. The van der Waals surface area contributed by atoms with E-state index >= 15 is 0 Å². The molecule has 130 valence electrons. The molecule has 2 heterocycles. The topological polar surface area (TPSA) is 102 Å². The fourth-order valence-electron chi connectivity index (χ4n) is 2.73. The zero-order valence-electron chi connectivity index (χ0n) is 13.7. The van der Waals surface area contributed by atoms with Gasteiger partial charge >= 0.3 is 0 Å². The van der Waals surface area contributed by atoms with Crippen LogP contribution in [0.4, 0.5) is 0 Å². The first kappa shape index (κ1) is 17.9. The lowest BCUT2D eigenvalue weighted by molar-refractivity contribution is -0.133. The van der Waals surface area contributed by atoms with Crippen molar-refractivity contribution in [1.29, 1.82) is 0 Å². The number of aryl methyl sites for hydroxylation is 2. The lowest BCUT2D eigenvalue weighted by atomic mass is 10.1. The molecule has 0 radical (unpaired) electrons. The third-order valence-corrected chi connectivity index (χ3v) is 5.69. The molecular weight excluding hydrogens is 322 g/mol. The highest BCUT2D eigenvalue weighted by Gasteiger charge is 2.30. The average Bonchev–Trinajstić information content (AvgIpc) is 2.85. The predicted octanol–water partition coefficient (Wildman–Crippen LogP) is 0.597. The minimum atomic E-state index is -3.66. The first-order chi connectivity index (χ1) is 10.8. The zero-order valence-corrected chi connectivity index (χ0v) is 14.5. The number of aromatic nitrogens is 1. The van der Waals surface area contributed by atoms with Crippen LogP contribution in [0.5, 0.6) is 0 Å². The van der Waals surface area contributed by atoms with E-state index in [2.05, 4.69) is 9.88 Å². The molecule has 0 aliphatic carbocycles. The number of piperidine rings is 1. The van der Waals surface area contributed by atoms with E-state index in [4.69, 9.17) is 9.26 Å². The van der Waals surface area contributed by atoms with Crippen LogP contribution >= 0.6 is 0 Å². The van der Waals surface area contributed by atoms with Crippen molar-refractivity contribution in [3.63, 3.8) is 0 Å². The maximum atomic E-state index is 12.5. The van der Waals surface area contributed by atoms with E-state index in [1.807, 2.05) is 0 Å². The Kier molecular flexibility index (Phi) is 5.77. The van der Waals surface area contributed by atoms with E-state index in [1.54, 1.807) is 25.9 Å². The molecule has 1 N–H and O–H groups in total. The quantitative estimate of drug-likeness (QED) is 0.810. The van der Waals surface area contributed by atoms with Crippen LogP contribution in [0.1, 0.15) is 30.7 Å². The van der Waals surface area contributed by atoms with Crippen LogP contribution in [-0.4, -0.2) is 57.2 Å². The lowest BCUT2D eigenvalue weighted by Gasteiger charge is -2.32. The maximum absolute atomic E-state index is 12.5. The molecule has 1 aromatic rings. The third-order valence-electron chi connectivity index (χ3n) is 3.93. The van der Waals surface area contributed by atoms with Gasteiger partial charge in [0.15, 0.2) is 5.76 Å². The van der Waals surface area contributed by atoms with E-state index in [0.717, 1.165) is 0 Å². The molecule has 0 atom stereocenters. The molecule has 0 saturated carbocycles. The molecule has 1 aliphatic heterocycles. The van der Waals surface area contributed by atoms with Crippen LogP contribution in [0.2, 0.25) is 0 Å². The molecule has 1 fully saturated rings. The van der Waals surface area contributed by atoms with Crippen LogP contribution in [0.25, 0.3) is 0 Å². The summed E-state index contributed by atoms with van der Waals surface area (Å²) in [6.45, 7) is 4.65. The summed E-state index contributed by atoms with van der Waals surface area (Å²) in [7, 11) is -2.10. The Morgan fingerprint density at radius 3 is 2.57 bits per heavy atom. The van der Waals surface area contributed by atoms with Crippen molar-refractivity contribution in [2.75, 3.05) is 26.8 Å². The number of ether oxygens (including phenoxy) is 1. The molecule has 9 heteroatoms. The molecule has 0 bridgehead atoms. The minimum Gasteiger partial charge on any atom is -0.384 e. The van der Waals surface area contributed by atoms with Gasteiger partial charge in [-0.3, -0.25) is 4.79 Å². The Hall–Kier alpha value is -1.45. The largest absolute Gasteiger partial charge is 0.384 e. The first-order valence-corrected chi connectivity index (χ1v) is 9.05. The zero-order chi connectivity index (χ0) is 17.0. The lowest BCUT2D eigenvalue weighted by Crippen LogP contribution is -2.46. The summed E-state index contributed by atoms with van der Waals surface area (Å²) in [4.78, 5) is 13.8. The van der Waals surface area contributed by atoms with Crippen molar-refractivity contribution < 1.29 is 22.5 Å². The van der Waals surface area contributed by atoms with Crippen molar-refractivity contribution in [3.05, 3.63) is 11.5 Å². The number of hydrogen-bond acceptors (Lipinski definition) is 6. The van der Waals surface area contributed by atoms with E-state index in [1.165, 1.54) is 0 Å². The summed E-state index contributed by atoms with van der Waals surface area (Å²) in [5, 5.41) is 3.68. The number of sulfonamides is 1. The average molecular weight is 345 g/mol. The summed E-state index contributed by atoms with van der Waals surface area (Å²) in [6, 6.07) is -0.194. The highest BCUT2D eigenvalue weighted by atomic mass is 32.2. The highest BCUT2D eigenvalue weighted by molar-refractivity contribution is 7.89. The molecule has 1 aliphatic rings. The molecular formula is C14H23N3O5S. The Bertz CT molecular complexity index is 628. The van der Waals surface area contributed by atoms with Gasteiger partial charge in [-0.25, -0.2) is 13.1 Å². The summed E-state index contributed by atoms with van der Waals surface area (Å²) in [5.74, 6) is 0.320. The number of rotatable bonds is 6. The molecule has 23 heavy (non-hydrogen) atoms. The van der Waals surface area contributed by atoms with Crippen molar-refractivity contribution >= 4 is 15.9 Å². The number of amides is 1. The Balaban J connectivity index is 1.93. The van der Waals surface area contributed by atoms with Crippen LogP contribution < -0.4 is 4.72 Å². The predicted molar refractivity (Wildman–Crippen MR) is 82.4 cm³/mol. The molecule has 0 unspecified atom stereocenters. The second-order valence-electron chi connectivity index (χ2n) is 5.67. The van der Waals surface area contributed by atoms with Gasteiger partial charge in [0.25, 0.3) is 0 Å². The molecule has 1 amide bonds. The van der Waals surface area contributed by atoms with Gasteiger partial charge in [-0.15, -0.1) is 0 Å². The van der Waals surface area contributed by atoms with E-state index in [9.17, 15) is 13.2 Å². The number of nitrogens with one attached hydrogen (secondary N) is 1. The summed E-state index contributed by atoms with van der Waals surface area (Å²) in [6.07, 6.45) is 1.52. The molecule has 2 rings (SSSR count). The molecule has 8 nitrogen and oxygen atoms in total. The SMILES string of the molecule is COCCC(=O)N1CCC(NS(=O)(=O)c2c(C)noc2C)CC1. The number of likely N-dealkylation sites (tertiary alicyclic amines) is 1. The van der Waals surface area contributed by atoms with Gasteiger partial charge in [-0.2, -0.15) is 0 Å². The van der Waals surface area contributed by atoms with Crippen molar-refractivity contribution in [3.8, 4) is 0 Å². The second kappa shape index (κ2) is 7.41. The van der Waals surface area contributed by atoms with Crippen LogP contribution in [0.3, 0.4) is 0 Å². The number of nitrogens with zero attached hydrogens (tertiary/aromatic N) is 2. The van der Waals surface area contributed by atoms with Gasteiger partial charge in [-0.1, -0.05) is 5.16 Å². The summed E-state index contributed by atoms with van der Waals surface area (Å²) >= 11 is 0. The number of carbonyl (C=O) groups is 1. The molecule has 0 aromatic carbocycles. The van der Waals surface area contributed by atoms with E-state index in [-0.39, 0.29) is 22.6 Å². The molecule has 1 saturated heterocycles. The Labute approximate surface area is 136 Å². The third kappa shape index (κ3) is 4.30. The fourth-order valence-corrected chi connectivity index (χ4v) is 4.37. The second-order valence-corrected chi connectivity index (χ2v) is 7.32. The molecule has 0 spiro atoms. The van der Waals surface area contributed by atoms with E-state index < -0.39 is 10.0 Å². The van der Waals surface area contributed by atoms with Gasteiger partial charge in [-0.05, 0) is 26.7 Å². The normalized spacial score (nSPS) is 16.7. The smallest absolute Gasteiger partial charge is 0.246 e. The maximum Gasteiger partial charge on any atom is 0.246 e. The Morgan fingerprint density at radius 2 is 2.04 bits per heavy atom. The van der Waals surface area contributed by atoms with E-state index in [0.29, 0.717) is 44.7 Å². The summed E-state index contributed by atoms with van der Waals surface area (Å²) < 4.78 is 37.4. The van der Waals surface area contributed by atoms with Gasteiger partial charge in [0.05, 0.1) is 13.0 Å². The monoisotopic (exact) mass is 345 g/mol. The molecule has 1 aromatic heterocycles. The van der Waals surface area contributed by atoms with Gasteiger partial charge in [0.1, 0.15) is 10.6 Å². The highest BCUT2D eigenvalue weighted by Crippen LogP contribution is 2.21. The first-order valence-electron chi connectivity index (χ1n) is 7.57. The minimum absolute atomic E-state index is 0.0406. The Morgan fingerprint density at radius 1 is 1.39 bits per heavy atom. The van der Waals surface area contributed by atoms with Crippen LogP contribution in [0.15, 0.2) is 9.42 Å².